The molecule has 2 rings (SSSR count). The van der Waals surface area contributed by atoms with Crippen molar-refractivity contribution in [2.24, 2.45) is 0 Å². The number of amides is 2. The van der Waals surface area contributed by atoms with Gasteiger partial charge < -0.3 is 10.6 Å². The molecule has 0 radical (unpaired) electrons. The molecule has 2 aromatic rings. The van der Waals surface area contributed by atoms with Crippen LogP contribution >= 0.6 is 15.9 Å². The van der Waals surface area contributed by atoms with Crippen LogP contribution in [0.2, 0.25) is 0 Å². The quantitative estimate of drug-likeness (QED) is 0.910. The van der Waals surface area contributed by atoms with Gasteiger partial charge in [0.05, 0.1) is 0 Å². The normalized spacial score (nSPS) is 10.0. The topological polar surface area (TPSA) is 54.0 Å². The number of carbonyl (C=O) groups excluding carboxylic acids is 1. The van der Waals surface area contributed by atoms with Gasteiger partial charge in [-0.1, -0.05) is 15.9 Å². The number of aryl methyl sites for hydroxylation is 1. The number of aromatic nitrogens is 1. The van der Waals surface area contributed by atoms with Crippen molar-refractivity contribution in [1.29, 1.82) is 0 Å². The molecule has 0 atom stereocenters. The smallest absolute Gasteiger partial charge is 0.319 e. The predicted octanol–water partition coefficient (Wildman–Crippen LogP) is 3.47. The van der Waals surface area contributed by atoms with Gasteiger partial charge in [0.1, 0.15) is 0 Å². The van der Waals surface area contributed by atoms with Gasteiger partial charge in [-0.3, -0.25) is 4.98 Å². The zero-order valence-electron chi connectivity index (χ0n) is 10.5. The minimum absolute atomic E-state index is 0.220. The highest BCUT2D eigenvalue weighted by molar-refractivity contribution is 9.10. The maximum Gasteiger partial charge on any atom is 0.319 e. The molecule has 5 heteroatoms. The van der Waals surface area contributed by atoms with Crippen LogP contribution in [0.3, 0.4) is 0 Å². The van der Waals surface area contributed by atoms with E-state index in [1.807, 2.05) is 37.3 Å². The Morgan fingerprint density at radius 1 is 1.26 bits per heavy atom. The van der Waals surface area contributed by atoms with Crippen molar-refractivity contribution in [1.82, 2.24) is 10.3 Å². The number of urea groups is 1. The average Bonchev–Trinajstić information content (AvgIpc) is 2.41. The van der Waals surface area contributed by atoms with E-state index in [-0.39, 0.29) is 6.03 Å². The lowest BCUT2D eigenvalue weighted by atomic mass is 10.2. The summed E-state index contributed by atoms with van der Waals surface area (Å²) in [7, 11) is 0. The van der Waals surface area contributed by atoms with Crippen LogP contribution in [-0.4, -0.2) is 11.0 Å². The highest BCUT2D eigenvalue weighted by Crippen LogP contribution is 2.19. The number of rotatable bonds is 3. The summed E-state index contributed by atoms with van der Waals surface area (Å²) in [4.78, 5) is 15.7. The van der Waals surface area contributed by atoms with Crippen molar-refractivity contribution in [3.8, 4) is 0 Å². The fourth-order valence-electron chi connectivity index (χ4n) is 1.62. The molecule has 2 amide bonds. The number of carbonyl (C=O) groups is 1. The fraction of sp³-hybridized carbons (Fsp3) is 0.143. The Balaban J connectivity index is 1.91. The molecule has 0 spiro atoms. The van der Waals surface area contributed by atoms with Crippen LogP contribution in [0.5, 0.6) is 0 Å². The van der Waals surface area contributed by atoms with Gasteiger partial charge in [0, 0.05) is 29.1 Å². The molecule has 0 aliphatic carbocycles. The third-order valence-corrected chi connectivity index (χ3v) is 3.13. The second-order valence-corrected chi connectivity index (χ2v) is 5.04. The highest BCUT2D eigenvalue weighted by atomic mass is 79.9. The molecule has 0 bridgehead atoms. The van der Waals surface area contributed by atoms with Gasteiger partial charge in [-0.15, -0.1) is 0 Å². The van der Waals surface area contributed by atoms with Crippen molar-refractivity contribution >= 4 is 27.6 Å². The molecule has 4 nitrogen and oxygen atoms in total. The Bertz CT molecular complexity index is 572. The standard InChI is InChI=1S/C14H14BrN3O/c1-10-8-12(15)2-3-13(10)18-14(19)17-9-11-4-6-16-7-5-11/h2-8H,9H2,1H3,(H2,17,18,19). The number of hydrogen-bond acceptors (Lipinski definition) is 2. The fourth-order valence-corrected chi connectivity index (χ4v) is 2.09. The lowest BCUT2D eigenvalue weighted by Crippen LogP contribution is -2.28. The van der Waals surface area contributed by atoms with Crippen LogP contribution in [0.4, 0.5) is 10.5 Å². The number of pyridine rings is 1. The molecule has 1 aromatic heterocycles. The summed E-state index contributed by atoms with van der Waals surface area (Å²) in [5.41, 5.74) is 2.82. The molecular formula is C14H14BrN3O. The van der Waals surface area contributed by atoms with E-state index in [0.717, 1.165) is 21.3 Å². The number of benzene rings is 1. The molecule has 1 heterocycles. The van der Waals surface area contributed by atoms with Gasteiger partial charge in [-0.05, 0) is 48.4 Å². The van der Waals surface area contributed by atoms with E-state index in [4.69, 9.17) is 0 Å². The number of hydrogen-bond donors (Lipinski definition) is 2. The molecular weight excluding hydrogens is 306 g/mol. The molecule has 0 aliphatic heterocycles. The molecule has 0 fully saturated rings. The summed E-state index contributed by atoms with van der Waals surface area (Å²) in [5, 5.41) is 5.62. The summed E-state index contributed by atoms with van der Waals surface area (Å²) >= 11 is 3.39. The number of nitrogens with zero attached hydrogens (tertiary/aromatic N) is 1. The van der Waals surface area contributed by atoms with Crippen LogP contribution in [0.1, 0.15) is 11.1 Å². The van der Waals surface area contributed by atoms with E-state index in [1.54, 1.807) is 12.4 Å². The molecule has 0 unspecified atom stereocenters. The molecule has 1 aromatic carbocycles. The number of nitrogens with one attached hydrogen (secondary N) is 2. The van der Waals surface area contributed by atoms with Crippen LogP contribution in [-0.2, 0) is 6.54 Å². The lowest BCUT2D eigenvalue weighted by Gasteiger charge is -2.10. The maximum atomic E-state index is 11.8. The summed E-state index contributed by atoms with van der Waals surface area (Å²) < 4.78 is 0.993. The van der Waals surface area contributed by atoms with Crippen LogP contribution in [0.25, 0.3) is 0 Å². The van der Waals surface area contributed by atoms with Gasteiger partial charge >= 0.3 is 6.03 Å². The van der Waals surface area contributed by atoms with Crippen molar-refractivity contribution in [2.45, 2.75) is 13.5 Å². The van der Waals surface area contributed by atoms with Gasteiger partial charge in [-0.2, -0.15) is 0 Å². The van der Waals surface area contributed by atoms with Gasteiger partial charge in [-0.25, -0.2) is 4.79 Å². The first-order valence-corrected chi connectivity index (χ1v) is 6.64. The lowest BCUT2D eigenvalue weighted by molar-refractivity contribution is 0.251. The Hall–Kier alpha value is -1.88. The predicted molar refractivity (Wildman–Crippen MR) is 79.0 cm³/mol. The van der Waals surface area contributed by atoms with Crippen molar-refractivity contribution in [2.75, 3.05) is 5.32 Å². The molecule has 19 heavy (non-hydrogen) atoms. The second-order valence-electron chi connectivity index (χ2n) is 4.12. The molecule has 98 valence electrons. The Morgan fingerprint density at radius 2 is 2.00 bits per heavy atom. The Morgan fingerprint density at radius 3 is 2.68 bits per heavy atom. The van der Waals surface area contributed by atoms with Crippen molar-refractivity contribution < 1.29 is 4.79 Å². The SMILES string of the molecule is Cc1cc(Br)ccc1NC(=O)NCc1ccncc1. The van der Waals surface area contributed by atoms with E-state index in [9.17, 15) is 4.79 Å². The van der Waals surface area contributed by atoms with Gasteiger partial charge in [0.2, 0.25) is 0 Å². The summed E-state index contributed by atoms with van der Waals surface area (Å²) in [6.45, 7) is 2.42. The zero-order chi connectivity index (χ0) is 13.7. The monoisotopic (exact) mass is 319 g/mol. The molecule has 0 saturated carbocycles. The Kier molecular flexibility index (Phi) is 4.52. The maximum absolute atomic E-state index is 11.8. The first kappa shape index (κ1) is 13.5. The average molecular weight is 320 g/mol. The van der Waals surface area contributed by atoms with Crippen LogP contribution < -0.4 is 10.6 Å². The Labute approximate surface area is 120 Å². The summed E-state index contributed by atoms with van der Waals surface area (Å²) in [6.07, 6.45) is 3.40. The van der Waals surface area contributed by atoms with E-state index in [1.165, 1.54) is 0 Å². The zero-order valence-corrected chi connectivity index (χ0v) is 12.1. The third-order valence-electron chi connectivity index (χ3n) is 2.64. The second kappa shape index (κ2) is 6.33. The van der Waals surface area contributed by atoms with E-state index < -0.39 is 0 Å². The van der Waals surface area contributed by atoms with Gasteiger partial charge in [0.15, 0.2) is 0 Å². The van der Waals surface area contributed by atoms with E-state index >= 15 is 0 Å². The van der Waals surface area contributed by atoms with Gasteiger partial charge in [0.25, 0.3) is 0 Å². The van der Waals surface area contributed by atoms with Crippen LogP contribution in [0, 0.1) is 6.92 Å². The minimum Gasteiger partial charge on any atom is -0.334 e. The number of anilines is 1. The largest absolute Gasteiger partial charge is 0.334 e. The molecule has 2 N–H and O–H groups in total. The van der Waals surface area contributed by atoms with E-state index in [0.29, 0.717) is 6.54 Å². The van der Waals surface area contributed by atoms with Crippen molar-refractivity contribution in [3.63, 3.8) is 0 Å². The summed E-state index contributed by atoms with van der Waals surface area (Å²) in [5.74, 6) is 0. The highest BCUT2D eigenvalue weighted by Gasteiger charge is 2.04. The first-order valence-electron chi connectivity index (χ1n) is 5.85. The van der Waals surface area contributed by atoms with Crippen molar-refractivity contribution in [3.05, 3.63) is 58.3 Å². The number of halogens is 1. The molecule has 0 saturated heterocycles. The molecule has 0 aliphatic rings. The van der Waals surface area contributed by atoms with Crippen LogP contribution in [0.15, 0.2) is 47.2 Å². The summed E-state index contributed by atoms with van der Waals surface area (Å²) in [6, 6.07) is 9.23. The minimum atomic E-state index is -0.220. The first-order chi connectivity index (χ1) is 9.15. The third kappa shape index (κ3) is 4.06. The van der Waals surface area contributed by atoms with E-state index in [2.05, 4.69) is 31.5 Å².